The monoisotopic (exact) mass is 427 g/mol. The predicted octanol–water partition coefficient (Wildman–Crippen LogP) is 8.43. The van der Waals surface area contributed by atoms with Crippen LogP contribution in [0.4, 0.5) is 17.1 Å². The number of para-hydroxylation sites is 3. The number of hydrogen-bond donors (Lipinski definition) is 1. The molecular weight excluding hydrogens is 406 g/mol. The highest BCUT2D eigenvalue weighted by molar-refractivity contribution is 6.06. The van der Waals surface area contributed by atoms with Gasteiger partial charge in [0.2, 0.25) is 0 Å². The van der Waals surface area contributed by atoms with Crippen LogP contribution in [0, 0.1) is 0 Å². The molecule has 0 bridgehead atoms. The van der Waals surface area contributed by atoms with Gasteiger partial charge in [-0.25, -0.2) is 0 Å². The van der Waals surface area contributed by atoms with Crippen molar-refractivity contribution in [3.63, 3.8) is 0 Å². The highest BCUT2D eigenvalue weighted by Crippen LogP contribution is 2.39. The SMILES string of the molecule is Oc1cc(-c2ccc3oc4ccccc4c3c2)cc(N(c2ccccc2)c2ccccc2)c1. The Hall–Kier alpha value is -4.50. The highest BCUT2D eigenvalue weighted by atomic mass is 16.3. The molecule has 158 valence electrons. The molecular formula is C30H21NO2. The van der Waals surface area contributed by atoms with E-state index in [1.807, 2.05) is 66.7 Å². The number of aromatic hydroxyl groups is 1. The van der Waals surface area contributed by atoms with Crippen LogP contribution < -0.4 is 4.90 Å². The highest BCUT2D eigenvalue weighted by Gasteiger charge is 2.15. The van der Waals surface area contributed by atoms with E-state index in [1.165, 1.54) is 0 Å². The van der Waals surface area contributed by atoms with Crippen LogP contribution >= 0.6 is 0 Å². The molecule has 0 spiro atoms. The van der Waals surface area contributed by atoms with Gasteiger partial charge in [-0.1, -0.05) is 60.7 Å². The smallest absolute Gasteiger partial charge is 0.135 e. The van der Waals surface area contributed by atoms with Gasteiger partial charge in [0.05, 0.1) is 5.69 Å². The van der Waals surface area contributed by atoms with Gasteiger partial charge in [0.15, 0.2) is 0 Å². The van der Waals surface area contributed by atoms with Crippen LogP contribution in [-0.2, 0) is 0 Å². The van der Waals surface area contributed by atoms with Crippen molar-refractivity contribution in [1.29, 1.82) is 0 Å². The molecule has 3 nitrogen and oxygen atoms in total. The Bertz CT molecular complexity index is 1530. The number of furan rings is 1. The summed E-state index contributed by atoms with van der Waals surface area (Å²) in [6.45, 7) is 0. The molecule has 0 atom stereocenters. The van der Waals surface area contributed by atoms with Crippen LogP contribution in [0.15, 0.2) is 126 Å². The van der Waals surface area contributed by atoms with Crippen LogP contribution in [0.5, 0.6) is 5.75 Å². The predicted molar refractivity (Wildman–Crippen MR) is 136 cm³/mol. The van der Waals surface area contributed by atoms with E-state index in [2.05, 4.69) is 47.4 Å². The average molecular weight is 428 g/mol. The normalized spacial score (nSPS) is 11.2. The number of hydrogen-bond acceptors (Lipinski definition) is 3. The van der Waals surface area contributed by atoms with Crippen molar-refractivity contribution >= 4 is 39.0 Å². The second kappa shape index (κ2) is 7.88. The Morgan fingerprint density at radius 2 is 1.12 bits per heavy atom. The maximum atomic E-state index is 10.7. The molecule has 0 saturated heterocycles. The maximum Gasteiger partial charge on any atom is 0.135 e. The molecule has 1 aromatic heterocycles. The minimum atomic E-state index is 0.219. The zero-order valence-corrected chi connectivity index (χ0v) is 17.8. The zero-order chi connectivity index (χ0) is 22.2. The van der Waals surface area contributed by atoms with Gasteiger partial charge >= 0.3 is 0 Å². The summed E-state index contributed by atoms with van der Waals surface area (Å²) in [7, 11) is 0. The minimum absolute atomic E-state index is 0.219. The zero-order valence-electron chi connectivity index (χ0n) is 17.8. The van der Waals surface area contributed by atoms with Gasteiger partial charge in [0.25, 0.3) is 0 Å². The second-order valence-electron chi connectivity index (χ2n) is 8.05. The number of nitrogens with zero attached hydrogens (tertiary/aromatic N) is 1. The van der Waals surface area contributed by atoms with Crippen molar-refractivity contribution in [3.8, 4) is 16.9 Å². The number of anilines is 3. The van der Waals surface area contributed by atoms with Gasteiger partial charge in [-0.3, -0.25) is 0 Å². The number of rotatable bonds is 4. The Morgan fingerprint density at radius 1 is 0.485 bits per heavy atom. The lowest BCUT2D eigenvalue weighted by atomic mass is 10.0. The Labute approximate surface area is 191 Å². The first-order chi connectivity index (χ1) is 16.3. The summed E-state index contributed by atoms with van der Waals surface area (Å²) >= 11 is 0. The number of phenolic OH excluding ortho intramolecular Hbond substituents is 1. The second-order valence-corrected chi connectivity index (χ2v) is 8.05. The van der Waals surface area contributed by atoms with Gasteiger partial charge in [-0.15, -0.1) is 0 Å². The van der Waals surface area contributed by atoms with Crippen LogP contribution in [0.2, 0.25) is 0 Å². The quantitative estimate of drug-likeness (QED) is 0.307. The number of benzene rings is 5. The van der Waals surface area contributed by atoms with E-state index in [9.17, 15) is 5.11 Å². The van der Waals surface area contributed by atoms with Crippen molar-refractivity contribution < 1.29 is 9.52 Å². The van der Waals surface area contributed by atoms with E-state index < -0.39 is 0 Å². The van der Waals surface area contributed by atoms with E-state index in [0.717, 1.165) is 50.1 Å². The summed E-state index contributed by atoms with van der Waals surface area (Å²) in [5.41, 5.74) is 6.63. The molecule has 0 fully saturated rings. The molecule has 0 aliphatic rings. The lowest BCUT2D eigenvalue weighted by molar-refractivity contribution is 0.476. The minimum Gasteiger partial charge on any atom is -0.508 e. The fourth-order valence-corrected chi connectivity index (χ4v) is 4.40. The molecule has 0 saturated carbocycles. The molecule has 0 aliphatic heterocycles. The molecule has 3 heteroatoms. The van der Waals surface area contributed by atoms with E-state index in [4.69, 9.17) is 4.42 Å². The molecule has 0 amide bonds. The number of fused-ring (bicyclic) bond motifs is 3. The average Bonchev–Trinajstić information content (AvgIpc) is 3.23. The van der Waals surface area contributed by atoms with Crippen molar-refractivity contribution in [2.45, 2.75) is 0 Å². The van der Waals surface area contributed by atoms with E-state index >= 15 is 0 Å². The van der Waals surface area contributed by atoms with Crippen molar-refractivity contribution in [2.24, 2.45) is 0 Å². The van der Waals surface area contributed by atoms with Gasteiger partial charge in [-0.05, 0) is 65.7 Å². The first kappa shape index (κ1) is 19.2. The molecule has 6 aromatic rings. The van der Waals surface area contributed by atoms with Crippen molar-refractivity contribution in [2.75, 3.05) is 4.90 Å². The maximum absolute atomic E-state index is 10.7. The topological polar surface area (TPSA) is 36.6 Å². The van der Waals surface area contributed by atoms with Crippen LogP contribution in [0.3, 0.4) is 0 Å². The summed E-state index contributed by atoms with van der Waals surface area (Å²) in [5, 5.41) is 12.9. The van der Waals surface area contributed by atoms with Crippen LogP contribution in [0.1, 0.15) is 0 Å². The third kappa shape index (κ3) is 3.50. The van der Waals surface area contributed by atoms with E-state index in [1.54, 1.807) is 12.1 Å². The largest absolute Gasteiger partial charge is 0.508 e. The first-order valence-electron chi connectivity index (χ1n) is 10.9. The summed E-state index contributed by atoms with van der Waals surface area (Å²) in [6, 6.07) is 40.3. The van der Waals surface area contributed by atoms with Gasteiger partial charge < -0.3 is 14.4 Å². The lowest BCUT2D eigenvalue weighted by Gasteiger charge is -2.26. The van der Waals surface area contributed by atoms with Gasteiger partial charge in [0.1, 0.15) is 16.9 Å². The fourth-order valence-electron chi connectivity index (χ4n) is 4.40. The van der Waals surface area contributed by atoms with Crippen molar-refractivity contribution in [1.82, 2.24) is 0 Å². The fraction of sp³-hybridized carbons (Fsp3) is 0. The van der Waals surface area contributed by atoms with Gasteiger partial charge in [0, 0.05) is 28.2 Å². The molecule has 1 N–H and O–H groups in total. The van der Waals surface area contributed by atoms with Crippen LogP contribution in [-0.4, -0.2) is 5.11 Å². The molecule has 0 aliphatic carbocycles. The molecule has 0 radical (unpaired) electrons. The standard InChI is InChI=1S/C30H21NO2/c32-26-18-22(21-15-16-30-28(19-21)27-13-7-8-14-29(27)33-30)17-25(20-26)31(23-9-3-1-4-10-23)24-11-5-2-6-12-24/h1-20,32H. The molecule has 6 rings (SSSR count). The summed E-state index contributed by atoms with van der Waals surface area (Å²) in [6.07, 6.45) is 0. The first-order valence-corrected chi connectivity index (χ1v) is 10.9. The summed E-state index contributed by atoms with van der Waals surface area (Å²) in [5.74, 6) is 0.219. The molecule has 33 heavy (non-hydrogen) atoms. The molecule has 5 aromatic carbocycles. The van der Waals surface area contributed by atoms with Crippen molar-refractivity contribution in [3.05, 3.63) is 121 Å². The summed E-state index contributed by atoms with van der Waals surface area (Å²) < 4.78 is 5.99. The summed E-state index contributed by atoms with van der Waals surface area (Å²) in [4.78, 5) is 2.15. The van der Waals surface area contributed by atoms with E-state index in [0.29, 0.717) is 0 Å². The molecule has 0 unspecified atom stereocenters. The third-order valence-corrected chi connectivity index (χ3v) is 5.90. The third-order valence-electron chi connectivity index (χ3n) is 5.90. The Kier molecular flexibility index (Phi) is 4.59. The Morgan fingerprint density at radius 3 is 1.85 bits per heavy atom. The van der Waals surface area contributed by atoms with E-state index in [-0.39, 0.29) is 5.75 Å². The van der Waals surface area contributed by atoms with Gasteiger partial charge in [-0.2, -0.15) is 0 Å². The molecule has 1 heterocycles. The number of phenols is 1. The lowest BCUT2D eigenvalue weighted by Crippen LogP contribution is -2.09. The van der Waals surface area contributed by atoms with Crippen LogP contribution in [0.25, 0.3) is 33.1 Å². The Balaban J connectivity index is 1.52.